The Morgan fingerprint density at radius 2 is 1.89 bits per heavy atom. The molecule has 0 bridgehead atoms. The van der Waals surface area contributed by atoms with Crippen LogP contribution in [0, 0.1) is 0 Å². The number of rotatable bonds is 3. The van der Waals surface area contributed by atoms with Crippen LogP contribution < -0.4 is 4.90 Å². The lowest BCUT2D eigenvalue weighted by atomic mass is 9.93. The summed E-state index contributed by atoms with van der Waals surface area (Å²) in [7, 11) is 3.98. The molecule has 1 amide bonds. The number of carbonyl (C=O) groups excluding carboxylic acids is 1. The Balaban J connectivity index is 1.55. The van der Waals surface area contributed by atoms with E-state index < -0.39 is 0 Å². The van der Waals surface area contributed by atoms with Crippen molar-refractivity contribution in [1.29, 1.82) is 0 Å². The Morgan fingerprint density at radius 1 is 1.07 bits per heavy atom. The summed E-state index contributed by atoms with van der Waals surface area (Å²) in [6.45, 7) is 1.55. The summed E-state index contributed by atoms with van der Waals surface area (Å²) in [5, 5.41) is 2.37. The molecule has 4 nitrogen and oxygen atoms in total. The lowest BCUT2D eigenvalue weighted by Crippen LogP contribution is -2.39. The molecule has 27 heavy (non-hydrogen) atoms. The SMILES string of the molecule is CN(C)c1cccc(C(=O)N2CCCC(c3cc4ccccc4cn3)C2)c1. The first-order valence-electron chi connectivity index (χ1n) is 9.53. The van der Waals surface area contributed by atoms with Crippen LogP contribution in [0.3, 0.4) is 0 Å². The van der Waals surface area contributed by atoms with Crippen molar-refractivity contribution in [2.45, 2.75) is 18.8 Å². The Morgan fingerprint density at radius 3 is 2.70 bits per heavy atom. The predicted octanol–water partition coefficient (Wildman–Crippen LogP) is 4.32. The normalized spacial score (nSPS) is 17.1. The van der Waals surface area contributed by atoms with E-state index in [-0.39, 0.29) is 5.91 Å². The number of hydrogen-bond donors (Lipinski definition) is 0. The number of benzene rings is 2. The zero-order valence-corrected chi connectivity index (χ0v) is 15.9. The average Bonchev–Trinajstić information content (AvgIpc) is 2.73. The first-order valence-corrected chi connectivity index (χ1v) is 9.53. The van der Waals surface area contributed by atoms with Crippen molar-refractivity contribution < 1.29 is 4.79 Å². The van der Waals surface area contributed by atoms with Crippen LogP contribution in [0.5, 0.6) is 0 Å². The quantitative estimate of drug-likeness (QED) is 0.699. The third-order valence-electron chi connectivity index (χ3n) is 5.39. The van der Waals surface area contributed by atoms with Crippen LogP contribution in [0.15, 0.2) is 60.8 Å². The highest BCUT2D eigenvalue weighted by molar-refractivity contribution is 5.95. The van der Waals surface area contributed by atoms with Crippen LogP contribution in [-0.2, 0) is 0 Å². The van der Waals surface area contributed by atoms with Gasteiger partial charge in [-0.25, -0.2) is 0 Å². The van der Waals surface area contributed by atoms with Crippen LogP contribution in [0.25, 0.3) is 10.8 Å². The van der Waals surface area contributed by atoms with E-state index in [1.54, 1.807) is 0 Å². The van der Waals surface area contributed by atoms with Gasteiger partial charge in [-0.3, -0.25) is 9.78 Å². The molecule has 0 saturated carbocycles. The fourth-order valence-electron chi connectivity index (χ4n) is 3.83. The number of pyridine rings is 1. The van der Waals surface area contributed by atoms with Crippen LogP contribution in [-0.4, -0.2) is 43.0 Å². The number of carbonyl (C=O) groups is 1. The van der Waals surface area contributed by atoms with E-state index in [0.717, 1.165) is 48.3 Å². The van der Waals surface area contributed by atoms with Gasteiger partial charge in [0.2, 0.25) is 0 Å². The number of aromatic nitrogens is 1. The fraction of sp³-hybridized carbons (Fsp3) is 0.304. The average molecular weight is 359 g/mol. The molecule has 1 aliphatic rings. The fourth-order valence-corrected chi connectivity index (χ4v) is 3.83. The molecule has 2 heterocycles. The van der Waals surface area contributed by atoms with E-state index in [0.29, 0.717) is 5.92 Å². The Bertz CT molecular complexity index is 967. The number of likely N-dealkylation sites (tertiary alicyclic amines) is 1. The van der Waals surface area contributed by atoms with E-state index >= 15 is 0 Å². The van der Waals surface area contributed by atoms with Gasteiger partial charge in [-0.05, 0) is 42.5 Å². The minimum atomic E-state index is 0.115. The topological polar surface area (TPSA) is 36.4 Å². The Labute approximate surface area is 160 Å². The molecule has 1 aliphatic heterocycles. The zero-order chi connectivity index (χ0) is 18.8. The van der Waals surface area contributed by atoms with E-state index in [9.17, 15) is 4.79 Å². The molecule has 3 aromatic rings. The lowest BCUT2D eigenvalue weighted by molar-refractivity contribution is 0.0706. The summed E-state index contributed by atoms with van der Waals surface area (Å²) in [4.78, 5) is 21.7. The molecule has 4 rings (SSSR count). The molecule has 1 aromatic heterocycles. The smallest absolute Gasteiger partial charge is 0.253 e. The molecule has 1 saturated heterocycles. The number of piperidine rings is 1. The van der Waals surface area contributed by atoms with Gasteiger partial charge in [0.05, 0.1) is 0 Å². The molecule has 0 aliphatic carbocycles. The van der Waals surface area contributed by atoms with Crippen LogP contribution in [0.2, 0.25) is 0 Å². The summed E-state index contributed by atoms with van der Waals surface area (Å²) in [6.07, 6.45) is 4.04. The number of nitrogens with zero attached hydrogens (tertiary/aromatic N) is 3. The zero-order valence-electron chi connectivity index (χ0n) is 15.9. The molecule has 138 valence electrons. The van der Waals surface area contributed by atoms with Crippen molar-refractivity contribution in [3.63, 3.8) is 0 Å². The second-order valence-corrected chi connectivity index (χ2v) is 7.49. The number of amides is 1. The van der Waals surface area contributed by atoms with Crippen LogP contribution in [0.4, 0.5) is 5.69 Å². The molecule has 1 fully saturated rings. The molecule has 2 aromatic carbocycles. The highest BCUT2D eigenvalue weighted by atomic mass is 16.2. The highest BCUT2D eigenvalue weighted by Crippen LogP contribution is 2.28. The maximum Gasteiger partial charge on any atom is 0.253 e. The molecule has 1 unspecified atom stereocenters. The van der Waals surface area contributed by atoms with E-state index in [2.05, 4.69) is 29.2 Å². The van der Waals surface area contributed by atoms with Gasteiger partial charge in [0.25, 0.3) is 5.91 Å². The highest BCUT2D eigenvalue weighted by Gasteiger charge is 2.26. The summed E-state index contributed by atoms with van der Waals surface area (Å²) in [5.41, 5.74) is 2.90. The number of fused-ring (bicyclic) bond motifs is 1. The summed E-state index contributed by atoms with van der Waals surface area (Å²) >= 11 is 0. The van der Waals surface area contributed by atoms with Gasteiger partial charge in [0, 0.05) is 61.6 Å². The Hall–Kier alpha value is -2.88. The van der Waals surface area contributed by atoms with Gasteiger partial charge in [-0.2, -0.15) is 0 Å². The van der Waals surface area contributed by atoms with Gasteiger partial charge >= 0.3 is 0 Å². The molecular weight excluding hydrogens is 334 g/mol. The Kier molecular flexibility index (Phi) is 4.80. The first-order chi connectivity index (χ1) is 13.1. The first kappa shape index (κ1) is 17.5. The van der Waals surface area contributed by atoms with Crippen molar-refractivity contribution in [2.75, 3.05) is 32.1 Å². The maximum absolute atomic E-state index is 13.1. The molecule has 0 spiro atoms. The van der Waals surface area contributed by atoms with Gasteiger partial charge in [0.15, 0.2) is 0 Å². The summed E-state index contributed by atoms with van der Waals surface area (Å²) in [5.74, 6) is 0.411. The van der Waals surface area contributed by atoms with E-state index in [4.69, 9.17) is 0 Å². The monoisotopic (exact) mass is 359 g/mol. The summed E-state index contributed by atoms with van der Waals surface area (Å²) in [6, 6.07) is 18.3. The van der Waals surface area contributed by atoms with Crippen molar-refractivity contribution in [3.8, 4) is 0 Å². The van der Waals surface area contributed by atoms with Crippen molar-refractivity contribution in [1.82, 2.24) is 9.88 Å². The van der Waals surface area contributed by atoms with E-state index in [1.807, 2.05) is 60.4 Å². The third-order valence-corrected chi connectivity index (χ3v) is 5.39. The lowest BCUT2D eigenvalue weighted by Gasteiger charge is -2.33. The van der Waals surface area contributed by atoms with Crippen molar-refractivity contribution >= 4 is 22.4 Å². The standard InChI is InChI=1S/C23H25N3O/c1-25(2)21-11-5-9-18(13-21)23(27)26-12-6-10-20(16-26)22-14-17-7-3-4-8-19(17)15-24-22/h3-5,7-9,11,13-15,20H,6,10,12,16H2,1-2H3. The minimum absolute atomic E-state index is 0.115. The number of hydrogen-bond acceptors (Lipinski definition) is 3. The largest absolute Gasteiger partial charge is 0.378 e. The molecular formula is C23H25N3O. The third kappa shape index (κ3) is 3.65. The minimum Gasteiger partial charge on any atom is -0.378 e. The van der Waals surface area contributed by atoms with Crippen LogP contribution in [0.1, 0.15) is 34.8 Å². The van der Waals surface area contributed by atoms with Crippen molar-refractivity contribution in [2.24, 2.45) is 0 Å². The van der Waals surface area contributed by atoms with Crippen molar-refractivity contribution in [3.05, 3.63) is 72.1 Å². The molecule has 4 heteroatoms. The molecule has 0 N–H and O–H groups in total. The van der Waals surface area contributed by atoms with Crippen LogP contribution >= 0.6 is 0 Å². The molecule has 1 atom stereocenters. The van der Waals surface area contributed by atoms with E-state index in [1.165, 1.54) is 5.39 Å². The predicted molar refractivity (Wildman–Crippen MR) is 110 cm³/mol. The van der Waals surface area contributed by atoms with Gasteiger partial charge in [-0.15, -0.1) is 0 Å². The van der Waals surface area contributed by atoms with Gasteiger partial charge < -0.3 is 9.80 Å². The second kappa shape index (κ2) is 7.39. The maximum atomic E-state index is 13.1. The van der Waals surface area contributed by atoms with Gasteiger partial charge in [0.1, 0.15) is 0 Å². The molecule has 0 radical (unpaired) electrons. The number of anilines is 1. The summed E-state index contributed by atoms with van der Waals surface area (Å²) < 4.78 is 0. The van der Waals surface area contributed by atoms with Gasteiger partial charge in [-0.1, -0.05) is 30.3 Å². The second-order valence-electron chi connectivity index (χ2n) is 7.49.